The Morgan fingerprint density at radius 1 is 0.941 bits per heavy atom. The maximum absolute atomic E-state index is 13.5. The van der Waals surface area contributed by atoms with Gasteiger partial charge in [-0.3, -0.25) is 14.5 Å². The number of aromatic nitrogens is 1. The molecule has 1 aromatic heterocycles. The van der Waals surface area contributed by atoms with Crippen LogP contribution in [0, 0.1) is 0 Å². The number of primary amides is 1. The number of fused-ring (bicyclic) bond motifs is 1. The second-order valence-electron chi connectivity index (χ2n) is 7.91. The lowest BCUT2D eigenvalue weighted by atomic mass is 10.1. The first kappa shape index (κ1) is 21.7. The van der Waals surface area contributed by atoms with E-state index in [9.17, 15) is 9.59 Å². The summed E-state index contributed by atoms with van der Waals surface area (Å²) in [5, 5.41) is 1.58. The fourth-order valence-electron chi connectivity index (χ4n) is 3.94. The van der Waals surface area contributed by atoms with Gasteiger partial charge in [0, 0.05) is 22.7 Å². The molecule has 0 aliphatic carbocycles. The molecule has 1 saturated heterocycles. The minimum Gasteiger partial charge on any atom is -0.368 e. The number of carbonyl (C=O) groups is 2. The molecule has 3 aromatic carbocycles. The zero-order chi connectivity index (χ0) is 23.5. The molecule has 0 unspecified atom stereocenters. The molecule has 1 aliphatic heterocycles. The Hall–Kier alpha value is -4.10. The van der Waals surface area contributed by atoms with Crippen LogP contribution in [0.15, 0.2) is 101 Å². The molecule has 34 heavy (non-hydrogen) atoms. The lowest BCUT2D eigenvalue weighted by molar-refractivity contribution is -0.122. The van der Waals surface area contributed by atoms with Crippen molar-refractivity contribution in [2.45, 2.75) is 13.1 Å². The highest BCUT2D eigenvalue weighted by molar-refractivity contribution is 8.18. The van der Waals surface area contributed by atoms with Gasteiger partial charge >= 0.3 is 0 Å². The van der Waals surface area contributed by atoms with E-state index in [1.807, 2.05) is 102 Å². The molecule has 168 valence electrons. The summed E-state index contributed by atoms with van der Waals surface area (Å²) in [6, 6.07) is 27.2. The van der Waals surface area contributed by atoms with Crippen LogP contribution < -0.4 is 5.73 Å². The first-order valence-corrected chi connectivity index (χ1v) is 11.7. The molecule has 2 amide bonds. The number of nitrogens with two attached hydrogens (primary N) is 1. The normalized spacial score (nSPS) is 16.1. The largest absolute Gasteiger partial charge is 0.368 e. The predicted molar refractivity (Wildman–Crippen MR) is 137 cm³/mol. The number of hydrogen-bond acceptors (Lipinski definition) is 4. The van der Waals surface area contributed by atoms with Crippen LogP contribution >= 0.6 is 11.8 Å². The summed E-state index contributed by atoms with van der Waals surface area (Å²) < 4.78 is 1.81. The van der Waals surface area contributed by atoms with Crippen LogP contribution in [0.5, 0.6) is 0 Å². The third-order valence-electron chi connectivity index (χ3n) is 5.48. The van der Waals surface area contributed by atoms with Crippen molar-refractivity contribution in [1.82, 2.24) is 9.47 Å². The number of amides is 2. The van der Waals surface area contributed by atoms with Crippen molar-refractivity contribution in [3.63, 3.8) is 0 Å². The summed E-state index contributed by atoms with van der Waals surface area (Å²) in [4.78, 5) is 32.1. The standard InChI is InChI=1S/C27H22N4O2S/c28-25(32)18-30-17-20(22-13-7-8-14-23(22)30)15-24-26(33)31(16-19-9-3-1-4-10-19)27(34-24)29-21-11-5-2-6-12-21/h1-15,17H,16,18H2,(H2,28,32)/b24-15-,29-27?. The van der Waals surface area contributed by atoms with E-state index in [0.29, 0.717) is 16.6 Å². The van der Waals surface area contributed by atoms with E-state index < -0.39 is 5.91 Å². The fraction of sp³-hybridized carbons (Fsp3) is 0.0741. The lowest BCUT2D eigenvalue weighted by Crippen LogP contribution is -2.28. The van der Waals surface area contributed by atoms with Gasteiger partial charge in [0.1, 0.15) is 6.54 Å². The fourth-order valence-corrected chi connectivity index (χ4v) is 4.93. The third kappa shape index (κ3) is 4.51. The van der Waals surface area contributed by atoms with E-state index in [1.54, 1.807) is 4.90 Å². The summed E-state index contributed by atoms with van der Waals surface area (Å²) in [7, 11) is 0. The van der Waals surface area contributed by atoms with Gasteiger partial charge in [-0.25, -0.2) is 4.99 Å². The molecule has 1 aliphatic rings. The average molecular weight is 467 g/mol. The molecule has 0 bridgehead atoms. The molecule has 7 heteroatoms. The average Bonchev–Trinajstić information content (AvgIpc) is 3.33. The van der Waals surface area contributed by atoms with Crippen LogP contribution in [0.3, 0.4) is 0 Å². The van der Waals surface area contributed by atoms with Crippen molar-refractivity contribution >= 4 is 51.4 Å². The number of thioether (sulfide) groups is 1. The van der Waals surface area contributed by atoms with Gasteiger partial charge in [0.05, 0.1) is 17.1 Å². The van der Waals surface area contributed by atoms with Crippen LogP contribution in [-0.4, -0.2) is 26.4 Å². The summed E-state index contributed by atoms with van der Waals surface area (Å²) in [6.45, 7) is 0.505. The van der Waals surface area contributed by atoms with Crippen LogP contribution in [0.25, 0.3) is 17.0 Å². The van der Waals surface area contributed by atoms with E-state index in [4.69, 9.17) is 10.7 Å². The summed E-state index contributed by atoms with van der Waals surface area (Å²) in [5.74, 6) is -0.521. The number of para-hydroxylation sites is 2. The SMILES string of the molecule is NC(=O)Cn1cc(/C=C2\SC(=Nc3ccccc3)N(Cc3ccccc3)C2=O)c2ccccc21. The number of nitrogens with zero attached hydrogens (tertiary/aromatic N) is 3. The number of rotatable bonds is 6. The van der Waals surface area contributed by atoms with Gasteiger partial charge in [0.15, 0.2) is 5.17 Å². The molecule has 2 N–H and O–H groups in total. The molecule has 1 fully saturated rings. The highest BCUT2D eigenvalue weighted by atomic mass is 32.2. The van der Waals surface area contributed by atoms with Crippen LogP contribution in [-0.2, 0) is 22.7 Å². The Bertz CT molecular complexity index is 1430. The second kappa shape index (κ2) is 9.41. The first-order chi connectivity index (χ1) is 16.6. The maximum Gasteiger partial charge on any atom is 0.267 e. The summed E-state index contributed by atoms with van der Waals surface area (Å²) in [6.07, 6.45) is 3.74. The second-order valence-corrected chi connectivity index (χ2v) is 8.92. The van der Waals surface area contributed by atoms with Crippen LogP contribution in [0.2, 0.25) is 0 Å². The Kier molecular flexibility index (Phi) is 6.01. The number of benzene rings is 3. The van der Waals surface area contributed by atoms with E-state index in [2.05, 4.69) is 0 Å². The van der Waals surface area contributed by atoms with Gasteiger partial charge in [-0.05, 0) is 41.6 Å². The van der Waals surface area contributed by atoms with Gasteiger partial charge in [0.25, 0.3) is 5.91 Å². The van der Waals surface area contributed by atoms with Crippen molar-refractivity contribution in [1.29, 1.82) is 0 Å². The van der Waals surface area contributed by atoms with Crippen molar-refractivity contribution < 1.29 is 9.59 Å². The molecule has 6 nitrogen and oxygen atoms in total. The highest BCUT2D eigenvalue weighted by Gasteiger charge is 2.33. The third-order valence-corrected chi connectivity index (χ3v) is 6.49. The number of amidine groups is 1. The number of carbonyl (C=O) groups excluding carboxylic acids is 2. The lowest BCUT2D eigenvalue weighted by Gasteiger charge is -2.15. The van der Waals surface area contributed by atoms with Gasteiger partial charge < -0.3 is 10.3 Å². The van der Waals surface area contributed by atoms with Gasteiger partial charge in [-0.2, -0.15) is 0 Å². The summed E-state index contributed by atoms with van der Waals surface area (Å²) >= 11 is 1.35. The molecular formula is C27H22N4O2S. The molecule has 0 saturated carbocycles. The predicted octanol–water partition coefficient (Wildman–Crippen LogP) is 4.93. The molecule has 0 atom stereocenters. The highest BCUT2D eigenvalue weighted by Crippen LogP contribution is 2.36. The van der Waals surface area contributed by atoms with E-state index in [1.165, 1.54) is 11.8 Å². The molecular weight excluding hydrogens is 444 g/mol. The van der Waals surface area contributed by atoms with Crippen molar-refractivity contribution in [2.75, 3.05) is 0 Å². The topological polar surface area (TPSA) is 80.7 Å². The Morgan fingerprint density at radius 3 is 2.35 bits per heavy atom. The summed E-state index contributed by atoms with van der Waals surface area (Å²) in [5.41, 5.74) is 9.00. The molecule has 0 radical (unpaired) electrons. The van der Waals surface area contributed by atoms with Gasteiger partial charge in [-0.15, -0.1) is 0 Å². The van der Waals surface area contributed by atoms with E-state index >= 15 is 0 Å². The minimum absolute atomic E-state index is 0.0750. The van der Waals surface area contributed by atoms with Crippen molar-refractivity contribution in [3.8, 4) is 0 Å². The van der Waals surface area contributed by atoms with Crippen LogP contribution in [0.4, 0.5) is 5.69 Å². The molecule has 0 spiro atoms. The smallest absolute Gasteiger partial charge is 0.267 e. The van der Waals surface area contributed by atoms with E-state index in [0.717, 1.165) is 27.7 Å². The zero-order valence-corrected chi connectivity index (χ0v) is 19.1. The van der Waals surface area contributed by atoms with E-state index in [-0.39, 0.29) is 12.5 Å². The number of hydrogen-bond donors (Lipinski definition) is 1. The Balaban J connectivity index is 1.55. The molecule has 4 aromatic rings. The van der Waals surface area contributed by atoms with Gasteiger partial charge in [-0.1, -0.05) is 66.7 Å². The van der Waals surface area contributed by atoms with Crippen molar-refractivity contribution in [3.05, 3.63) is 107 Å². The van der Waals surface area contributed by atoms with Crippen LogP contribution in [0.1, 0.15) is 11.1 Å². The number of aliphatic imine (C=N–C) groups is 1. The minimum atomic E-state index is -0.419. The van der Waals surface area contributed by atoms with Crippen molar-refractivity contribution in [2.24, 2.45) is 10.7 Å². The Morgan fingerprint density at radius 2 is 1.62 bits per heavy atom. The molecule has 5 rings (SSSR count). The molecule has 2 heterocycles. The maximum atomic E-state index is 13.5. The quantitative estimate of drug-likeness (QED) is 0.409. The van der Waals surface area contributed by atoms with Gasteiger partial charge in [0.2, 0.25) is 5.91 Å². The Labute approximate surface area is 201 Å². The zero-order valence-electron chi connectivity index (χ0n) is 18.3. The monoisotopic (exact) mass is 466 g/mol. The first-order valence-electron chi connectivity index (χ1n) is 10.8.